The van der Waals surface area contributed by atoms with Crippen molar-refractivity contribution in [1.29, 1.82) is 0 Å². The van der Waals surface area contributed by atoms with Crippen LogP contribution >= 0.6 is 23.2 Å². The van der Waals surface area contributed by atoms with E-state index >= 15 is 0 Å². The molecule has 4 N–H and O–H groups in total. The lowest BCUT2D eigenvalue weighted by molar-refractivity contribution is -0.137. The third kappa shape index (κ3) is 16.5. The molecule has 0 bridgehead atoms. The molecule has 3 unspecified atom stereocenters. The number of phosphoric ester groups is 1. The molecule has 3 atom stereocenters. The van der Waals surface area contributed by atoms with Crippen LogP contribution in [0.4, 0.5) is 0 Å². The van der Waals surface area contributed by atoms with Crippen molar-refractivity contribution in [2.75, 3.05) is 72.6 Å². The fourth-order valence-electron chi connectivity index (χ4n) is 2.61. The van der Waals surface area contributed by atoms with E-state index in [1.807, 2.05) is 0 Å². The van der Waals surface area contributed by atoms with Crippen LogP contribution in [0.2, 0.25) is 0 Å². The molecule has 0 radical (unpaired) electrons. The predicted molar refractivity (Wildman–Crippen MR) is 144 cm³/mol. The molecule has 18 nitrogen and oxygen atoms in total. The molecule has 1 aliphatic rings. The van der Waals surface area contributed by atoms with Gasteiger partial charge in [0.1, 0.15) is 0 Å². The van der Waals surface area contributed by atoms with Gasteiger partial charge in [0.25, 0.3) is 11.8 Å². The lowest BCUT2D eigenvalue weighted by Crippen LogP contribution is -2.33. The molecule has 0 spiro atoms. The van der Waals surface area contributed by atoms with E-state index in [1.54, 1.807) is 0 Å². The molecule has 21 heteroatoms. The topological polar surface area (TPSA) is 243 Å². The van der Waals surface area contributed by atoms with Gasteiger partial charge in [0.2, 0.25) is 5.91 Å². The van der Waals surface area contributed by atoms with E-state index in [-0.39, 0.29) is 57.8 Å². The summed E-state index contributed by atoms with van der Waals surface area (Å²) in [6.07, 6.45) is 2.38. The van der Waals surface area contributed by atoms with Crippen molar-refractivity contribution in [3.05, 3.63) is 12.2 Å². The Balaban J connectivity index is 1.98. The highest BCUT2D eigenvalue weighted by Crippen LogP contribution is 2.70. The van der Waals surface area contributed by atoms with Crippen LogP contribution in [0.25, 0.3) is 0 Å². The van der Waals surface area contributed by atoms with Crippen molar-refractivity contribution in [2.45, 2.75) is 32.3 Å². The Morgan fingerprint density at radius 1 is 0.762 bits per heavy atom. The quantitative estimate of drug-likeness (QED) is 0.0666. The molecule has 3 amide bonds. The molecule has 42 heavy (non-hydrogen) atoms. The molecule has 0 fully saturated rings. The maximum absolute atomic E-state index is 12.0. The van der Waals surface area contributed by atoms with Crippen LogP contribution in [0.3, 0.4) is 0 Å². The van der Waals surface area contributed by atoms with E-state index in [2.05, 4.69) is 18.5 Å². The third-order valence-corrected chi connectivity index (χ3v) is 10.5. The van der Waals surface area contributed by atoms with Gasteiger partial charge in [-0.25, -0.2) is 13.4 Å². The largest absolute Gasteiger partial charge is 0.488 e. The number of carbonyl (C=O) groups is 3. The van der Waals surface area contributed by atoms with Crippen molar-refractivity contribution in [2.24, 2.45) is 0 Å². The second kappa shape index (κ2) is 18.4. The van der Waals surface area contributed by atoms with Crippen molar-refractivity contribution in [1.82, 2.24) is 10.2 Å². The zero-order valence-electron chi connectivity index (χ0n) is 23.6. The Kier molecular flexibility index (Phi) is 17.0. The molecule has 1 rings (SSSR count). The Hall–Kier alpha value is -1.36. The molecular formula is C21H39N2O16P3. The second-order valence-corrected chi connectivity index (χ2v) is 15.2. The van der Waals surface area contributed by atoms with Crippen LogP contribution < -0.4 is 5.32 Å². The van der Waals surface area contributed by atoms with Crippen LogP contribution in [0.1, 0.15) is 27.2 Å². The first-order chi connectivity index (χ1) is 19.5. The molecule has 0 aromatic carbocycles. The number of carbonyl (C=O) groups excluding carboxylic acids is 3. The van der Waals surface area contributed by atoms with Crippen LogP contribution in [0.15, 0.2) is 12.2 Å². The van der Waals surface area contributed by atoms with Gasteiger partial charge in [-0.2, -0.15) is 4.31 Å². The normalized spacial score (nSPS) is 18.1. The third-order valence-electron chi connectivity index (χ3n) is 4.90. The van der Waals surface area contributed by atoms with Crippen molar-refractivity contribution < 1.29 is 74.9 Å². The van der Waals surface area contributed by atoms with Crippen LogP contribution in [0.5, 0.6) is 0 Å². The van der Waals surface area contributed by atoms with E-state index in [9.17, 15) is 42.8 Å². The first kappa shape index (κ1) is 38.7. The molecule has 1 aliphatic heterocycles. The summed E-state index contributed by atoms with van der Waals surface area (Å²) < 4.78 is 69.5. The minimum Gasteiger partial charge on any atom is -0.379 e. The smallest absolute Gasteiger partial charge is 0.379 e. The van der Waals surface area contributed by atoms with Crippen molar-refractivity contribution >= 4 is 41.0 Å². The Labute approximate surface area is 243 Å². The fourth-order valence-corrected chi connectivity index (χ4v) is 6.65. The van der Waals surface area contributed by atoms with Gasteiger partial charge in [-0.3, -0.25) is 28.4 Å². The van der Waals surface area contributed by atoms with E-state index in [1.165, 1.54) is 32.9 Å². The highest BCUT2D eigenvalue weighted by Gasteiger charge is 2.46. The zero-order valence-corrected chi connectivity index (χ0v) is 26.3. The predicted octanol–water partition coefficient (Wildman–Crippen LogP) is 0.719. The molecule has 0 aromatic heterocycles. The van der Waals surface area contributed by atoms with Gasteiger partial charge in [0, 0.05) is 25.1 Å². The number of nitrogens with zero attached hydrogens (tertiary/aromatic N) is 1. The summed E-state index contributed by atoms with van der Waals surface area (Å²) in [6.45, 7) is 5.04. The number of imide groups is 1. The zero-order chi connectivity index (χ0) is 31.9. The van der Waals surface area contributed by atoms with Gasteiger partial charge < -0.3 is 38.9 Å². The maximum Gasteiger partial charge on any atom is 0.488 e. The number of ether oxygens (including phenoxy) is 4. The summed E-state index contributed by atoms with van der Waals surface area (Å²) in [5.74, 6) is -1.19. The van der Waals surface area contributed by atoms with Crippen molar-refractivity contribution in [3.63, 3.8) is 0 Å². The Morgan fingerprint density at radius 3 is 1.74 bits per heavy atom. The van der Waals surface area contributed by atoms with E-state index in [4.69, 9.17) is 18.9 Å². The van der Waals surface area contributed by atoms with Gasteiger partial charge in [-0.1, -0.05) is 0 Å². The van der Waals surface area contributed by atoms with Gasteiger partial charge in [-0.15, -0.1) is 0 Å². The summed E-state index contributed by atoms with van der Waals surface area (Å²) in [6, 6.07) is 0. The van der Waals surface area contributed by atoms with Gasteiger partial charge >= 0.3 is 23.2 Å². The molecule has 0 aromatic rings. The molecule has 244 valence electrons. The fraction of sp³-hybridized carbons (Fsp3) is 0.762. The summed E-state index contributed by atoms with van der Waals surface area (Å²) in [4.78, 5) is 64.4. The highest BCUT2D eigenvalue weighted by atomic mass is 31.3. The number of nitrogens with one attached hydrogen (secondary N) is 1. The van der Waals surface area contributed by atoms with E-state index in [0.29, 0.717) is 26.4 Å². The Morgan fingerprint density at radius 2 is 1.24 bits per heavy atom. The second-order valence-electron chi connectivity index (χ2n) is 9.34. The van der Waals surface area contributed by atoms with Gasteiger partial charge in [0.05, 0.1) is 71.2 Å². The summed E-state index contributed by atoms with van der Waals surface area (Å²) >= 11 is 0. The first-order valence-corrected chi connectivity index (χ1v) is 17.2. The Bertz CT molecular complexity index is 1040. The highest BCUT2D eigenvalue weighted by molar-refractivity contribution is 7.68. The van der Waals surface area contributed by atoms with Crippen molar-refractivity contribution in [3.8, 4) is 0 Å². The summed E-state index contributed by atoms with van der Waals surface area (Å²) in [7, 11) is -15.3. The summed E-state index contributed by atoms with van der Waals surface area (Å²) in [5.41, 5.74) is 0. The van der Waals surface area contributed by atoms with Gasteiger partial charge in [0.15, 0.2) is 0 Å². The van der Waals surface area contributed by atoms with E-state index < -0.39 is 40.9 Å². The SMILES string of the molecule is CC(C)(C)P(=O)(O)OP(=O)(O)OP(=O)(O)OCCNC(=O)CCOCCOCCOCCOCCN1C(=O)C=CC1=O. The minimum atomic E-state index is -5.44. The average molecular weight is 668 g/mol. The number of amides is 3. The average Bonchev–Trinajstić information content (AvgIpc) is 3.16. The standard InChI is InChI=1S/C21H39N2O16P3/c1-21(2,3)40(27,28)38-42(31,32)39-41(29,30)37-10-7-22-18(24)6-9-33-12-14-35-16-17-36-15-13-34-11-8-23-19(25)4-5-20(23)26/h4-5H,6-17H2,1-3H3,(H,22,24)(H,27,28)(H,29,30)(H,31,32). The number of hydrogen-bond donors (Lipinski definition) is 4. The molecule has 0 saturated carbocycles. The van der Waals surface area contributed by atoms with Gasteiger partial charge in [-0.05, 0) is 20.8 Å². The monoisotopic (exact) mass is 668 g/mol. The summed E-state index contributed by atoms with van der Waals surface area (Å²) in [5, 5.41) is 0.898. The molecule has 0 saturated heterocycles. The number of rotatable bonds is 23. The molecule has 0 aliphatic carbocycles. The lowest BCUT2D eigenvalue weighted by Gasteiger charge is -2.26. The van der Waals surface area contributed by atoms with Crippen LogP contribution in [-0.4, -0.2) is 115 Å². The molecule has 1 heterocycles. The minimum absolute atomic E-state index is 0.0364. The number of phosphoric acid groups is 2. The lowest BCUT2D eigenvalue weighted by atomic mass is 10.3. The molecular weight excluding hydrogens is 629 g/mol. The first-order valence-electron chi connectivity index (χ1n) is 12.6. The maximum atomic E-state index is 12.0. The number of hydrogen-bond acceptors (Lipinski definition) is 13. The van der Waals surface area contributed by atoms with E-state index in [0.717, 1.165) is 4.90 Å². The van der Waals surface area contributed by atoms with Crippen LogP contribution in [0, 0.1) is 0 Å². The van der Waals surface area contributed by atoms with Crippen LogP contribution in [-0.2, 0) is 60.2 Å².